The van der Waals surface area contributed by atoms with Crippen molar-refractivity contribution < 1.29 is 14.7 Å². The predicted molar refractivity (Wildman–Crippen MR) is 107 cm³/mol. The Balaban J connectivity index is 1.55. The van der Waals surface area contributed by atoms with Gasteiger partial charge in [0.1, 0.15) is 0 Å². The normalized spacial score (nSPS) is 19.6. The van der Waals surface area contributed by atoms with E-state index in [4.69, 9.17) is 5.11 Å². The van der Waals surface area contributed by atoms with Crippen LogP contribution in [0.4, 0.5) is 4.79 Å². The number of urea groups is 1. The van der Waals surface area contributed by atoms with Crippen molar-refractivity contribution in [2.24, 2.45) is 0 Å². The molecule has 2 N–H and O–H groups in total. The summed E-state index contributed by atoms with van der Waals surface area (Å²) in [5, 5.41) is 12.4. The molecule has 0 saturated carbocycles. The lowest BCUT2D eigenvalue weighted by Gasteiger charge is -2.36. The molecule has 6 heteroatoms. The van der Waals surface area contributed by atoms with Crippen LogP contribution in [-0.4, -0.2) is 59.1 Å². The van der Waals surface area contributed by atoms with E-state index in [0.29, 0.717) is 0 Å². The Bertz CT molecular complexity index is 890. The van der Waals surface area contributed by atoms with Gasteiger partial charge in [0.15, 0.2) is 0 Å². The lowest BCUT2D eigenvalue weighted by molar-refractivity contribution is 0.0697. The number of hydrogen-bond donors (Lipinski definition) is 2. The third-order valence-electron chi connectivity index (χ3n) is 5.95. The molecule has 1 atom stereocenters. The fourth-order valence-electron chi connectivity index (χ4n) is 4.12. The van der Waals surface area contributed by atoms with E-state index >= 15 is 0 Å². The van der Waals surface area contributed by atoms with Crippen LogP contribution in [-0.2, 0) is 5.54 Å². The highest BCUT2D eigenvalue weighted by Crippen LogP contribution is 2.34. The second-order valence-corrected chi connectivity index (χ2v) is 7.96. The Morgan fingerprint density at radius 3 is 2.25 bits per heavy atom. The quantitative estimate of drug-likeness (QED) is 0.857. The molecule has 0 bridgehead atoms. The molecule has 2 saturated heterocycles. The summed E-state index contributed by atoms with van der Waals surface area (Å²) >= 11 is 0. The van der Waals surface area contributed by atoms with E-state index in [1.807, 2.05) is 34.1 Å². The Kier molecular flexibility index (Phi) is 4.59. The number of benzene rings is 2. The van der Waals surface area contributed by atoms with Gasteiger partial charge in [-0.15, -0.1) is 0 Å². The minimum absolute atomic E-state index is 0.116. The summed E-state index contributed by atoms with van der Waals surface area (Å²) < 4.78 is 0. The highest BCUT2D eigenvalue weighted by atomic mass is 16.4. The zero-order valence-corrected chi connectivity index (χ0v) is 16.2. The molecule has 0 unspecified atom stereocenters. The Morgan fingerprint density at radius 1 is 1.07 bits per heavy atom. The highest BCUT2D eigenvalue weighted by molar-refractivity contribution is 5.88. The van der Waals surface area contributed by atoms with E-state index < -0.39 is 11.5 Å². The molecule has 2 fully saturated rings. The van der Waals surface area contributed by atoms with Gasteiger partial charge in [0, 0.05) is 26.2 Å². The molecule has 0 aliphatic carbocycles. The van der Waals surface area contributed by atoms with Crippen LogP contribution in [0.3, 0.4) is 0 Å². The van der Waals surface area contributed by atoms with Crippen LogP contribution in [0.2, 0.25) is 0 Å². The van der Waals surface area contributed by atoms with Crippen molar-refractivity contribution in [2.45, 2.75) is 25.4 Å². The number of carbonyl (C=O) groups is 2. The standard InChI is InChI=1S/C22H25N3O3/c1-22(2,25-14-19-13-23-11-12-24(19)21(25)28)18-9-7-16(8-10-18)15-3-5-17(6-4-15)20(26)27/h3-10,19,23H,11-14H2,1-2H3,(H,26,27)/t19-/m0/s1. The van der Waals surface area contributed by atoms with Crippen LogP contribution in [0, 0.1) is 0 Å². The molecule has 4 rings (SSSR count). The Labute approximate surface area is 164 Å². The number of carbonyl (C=O) groups excluding carboxylic acids is 1. The Morgan fingerprint density at radius 2 is 1.68 bits per heavy atom. The van der Waals surface area contributed by atoms with Crippen molar-refractivity contribution in [3.63, 3.8) is 0 Å². The van der Waals surface area contributed by atoms with Crippen molar-refractivity contribution in [2.75, 3.05) is 26.2 Å². The van der Waals surface area contributed by atoms with Crippen LogP contribution in [0.25, 0.3) is 11.1 Å². The maximum Gasteiger partial charge on any atom is 0.335 e. The van der Waals surface area contributed by atoms with Gasteiger partial charge in [-0.25, -0.2) is 9.59 Å². The van der Waals surface area contributed by atoms with E-state index in [1.54, 1.807) is 12.1 Å². The van der Waals surface area contributed by atoms with Crippen molar-refractivity contribution in [3.05, 3.63) is 59.7 Å². The van der Waals surface area contributed by atoms with Gasteiger partial charge in [-0.2, -0.15) is 0 Å². The van der Waals surface area contributed by atoms with E-state index in [1.165, 1.54) is 0 Å². The first-order valence-electron chi connectivity index (χ1n) is 9.61. The number of amides is 2. The summed E-state index contributed by atoms with van der Waals surface area (Å²) in [4.78, 5) is 27.9. The number of piperazine rings is 1. The van der Waals surface area contributed by atoms with Crippen molar-refractivity contribution in [1.82, 2.24) is 15.1 Å². The second kappa shape index (κ2) is 6.95. The Hall–Kier alpha value is -2.86. The van der Waals surface area contributed by atoms with E-state index in [2.05, 4.69) is 31.3 Å². The van der Waals surface area contributed by atoms with Gasteiger partial charge in [0.25, 0.3) is 0 Å². The fraction of sp³-hybridized carbons (Fsp3) is 0.364. The lowest BCUT2D eigenvalue weighted by atomic mass is 9.90. The first-order valence-corrected chi connectivity index (χ1v) is 9.61. The number of hydrogen-bond acceptors (Lipinski definition) is 3. The third-order valence-corrected chi connectivity index (χ3v) is 5.95. The number of aromatic carboxylic acids is 1. The molecule has 0 spiro atoms. The first kappa shape index (κ1) is 18.5. The molecule has 6 nitrogen and oxygen atoms in total. The number of carboxylic acids is 1. The van der Waals surface area contributed by atoms with Gasteiger partial charge in [0.2, 0.25) is 0 Å². The highest BCUT2D eigenvalue weighted by Gasteiger charge is 2.45. The molecule has 0 aromatic heterocycles. The molecule has 28 heavy (non-hydrogen) atoms. The maximum atomic E-state index is 12.9. The van der Waals surface area contributed by atoms with Gasteiger partial charge in [0.05, 0.1) is 17.1 Å². The van der Waals surface area contributed by atoms with E-state index in [0.717, 1.165) is 42.9 Å². The van der Waals surface area contributed by atoms with Crippen LogP contribution >= 0.6 is 0 Å². The summed E-state index contributed by atoms with van der Waals surface area (Å²) in [5.41, 5.74) is 2.94. The molecule has 2 aliphatic rings. The molecule has 2 aliphatic heterocycles. The molecule has 146 valence electrons. The van der Waals surface area contributed by atoms with Gasteiger partial charge < -0.3 is 20.2 Å². The van der Waals surface area contributed by atoms with Gasteiger partial charge >= 0.3 is 12.0 Å². The average molecular weight is 379 g/mol. The predicted octanol–water partition coefficient (Wildman–Crippen LogP) is 3.00. The second-order valence-electron chi connectivity index (χ2n) is 7.96. The number of carboxylic acid groups (broad SMARTS) is 1. The summed E-state index contributed by atoms with van der Waals surface area (Å²) in [5.74, 6) is -0.926. The molecule has 2 amide bonds. The topological polar surface area (TPSA) is 72.9 Å². The smallest absolute Gasteiger partial charge is 0.335 e. The SMILES string of the molecule is CC(C)(c1ccc(-c2ccc(C(=O)O)cc2)cc1)N1C[C@@H]2CNCCN2C1=O. The summed E-state index contributed by atoms with van der Waals surface area (Å²) in [7, 11) is 0. The molecular weight excluding hydrogens is 354 g/mol. The first-order chi connectivity index (χ1) is 13.4. The average Bonchev–Trinajstić information content (AvgIpc) is 3.06. The van der Waals surface area contributed by atoms with Crippen LogP contribution < -0.4 is 5.32 Å². The zero-order chi connectivity index (χ0) is 19.9. The number of fused-ring (bicyclic) bond motifs is 1. The van der Waals surface area contributed by atoms with Gasteiger partial charge in [-0.05, 0) is 42.7 Å². The van der Waals surface area contributed by atoms with Crippen molar-refractivity contribution >= 4 is 12.0 Å². The van der Waals surface area contributed by atoms with Gasteiger partial charge in [-0.3, -0.25) is 0 Å². The third kappa shape index (κ3) is 3.14. The molecule has 2 heterocycles. The summed E-state index contributed by atoms with van der Waals surface area (Å²) in [6, 6.07) is 15.4. The van der Waals surface area contributed by atoms with Crippen LogP contribution in [0.15, 0.2) is 48.5 Å². The monoisotopic (exact) mass is 379 g/mol. The van der Waals surface area contributed by atoms with Crippen LogP contribution in [0.5, 0.6) is 0 Å². The molecule has 2 aromatic carbocycles. The van der Waals surface area contributed by atoms with Crippen LogP contribution in [0.1, 0.15) is 29.8 Å². The minimum Gasteiger partial charge on any atom is -0.478 e. The lowest BCUT2D eigenvalue weighted by Crippen LogP contribution is -2.50. The summed E-state index contributed by atoms with van der Waals surface area (Å²) in [6.07, 6.45) is 0. The molecule has 0 radical (unpaired) electrons. The van der Waals surface area contributed by atoms with E-state index in [-0.39, 0.29) is 17.6 Å². The minimum atomic E-state index is -0.926. The van der Waals surface area contributed by atoms with Crippen molar-refractivity contribution in [1.29, 1.82) is 0 Å². The van der Waals surface area contributed by atoms with Gasteiger partial charge in [-0.1, -0.05) is 36.4 Å². The largest absolute Gasteiger partial charge is 0.478 e. The summed E-state index contributed by atoms with van der Waals surface area (Å²) in [6.45, 7) is 7.38. The fourth-order valence-corrected chi connectivity index (χ4v) is 4.12. The molecule has 2 aromatic rings. The molecular formula is C22H25N3O3. The number of nitrogens with one attached hydrogen (secondary N) is 1. The maximum absolute atomic E-state index is 12.9. The van der Waals surface area contributed by atoms with E-state index in [9.17, 15) is 9.59 Å². The number of nitrogens with zero attached hydrogens (tertiary/aromatic N) is 2. The zero-order valence-electron chi connectivity index (χ0n) is 16.2. The van der Waals surface area contributed by atoms with Crippen molar-refractivity contribution in [3.8, 4) is 11.1 Å². The number of rotatable bonds is 4.